The largest absolute Gasteiger partial charge is 0.406 e. The molecule has 0 unspecified atom stereocenters. The van der Waals surface area contributed by atoms with E-state index < -0.39 is 12.7 Å². The number of rotatable bonds is 4. The minimum Gasteiger partial charge on any atom is -0.337 e. The van der Waals surface area contributed by atoms with E-state index in [1.807, 2.05) is 0 Å². The Morgan fingerprint density at radius 1 is 1.50 bits per heavy atom. The molecular weight excluding hydrogens is 261 g/mol. The van der Waals surface area contributed by atoms with E-state index in [4.69, 9.17) is 11.6 Å². The molecule has 0 amide bonds. The highest BCUT2D eigenvalue weighted by atomic mass is 35.5. The molecule has 0 radical (unpaired) electrons. The lowest BCUT2D eigenvalue weighted by Gasteiger charge is -2.26. The van der Waals surface area contributed by atoms with E-state index >= 15 is 0 Å². The van der Waals surface area contributed by atoms with Gasteiger partial charge in [0.2, 0.25) is 0 Å². The average Bonchev–Trinajstić information content (AvgIpc) is 2.60. The molecule has 0 aromatic carbocycles. The summed E-state index contributed by atoms with van der Waals surface area (Å²) in [5.41, 5.74) is 0.606. The van der Waals surface area contributed by atoms with Crippen LogP contribution in [0, 0.1) is 0 Å². The first-order valence-electron chi connectivity index (χ1n) is 4.67. The summed E-state index contributed by atoms with van der Waals surface area (Å²) in [5, 5.41) is 2.04. The first kappa shape index (κ1) is 13.6. The van der Waals surface area contributed by atoms with Crippen molar-refractivity contribution in [2.45, 2.75) is 31.9 Å². The smallest absolute Gasteiger partial charge is 0.337 e. The molecule has 0 aliphatic carbocycles. The topological polar surface area (TPSA) is 16.1 Å². The third-order valence-corrected chi connectivity index (χ3v) is 3.10. The van der Waals surface area contributed by atoms with E-state index in [9.17, 15) is 13.2 Å². The van der Waals surface area contributed by atoms with Crippen LogP contribution in [0.25, 0.3) is 0 Å². The first-order chi connectivity index (χ1) is 7.33. The van der Waals surface area contributed by atoms with Crippen LogP contribution in [0.3, 0.4) is 0 Å². The number of hydrogen-bond acceptors (Lipinski definition) is 3. The Hall–Kier alpha value is -0.490. The van der Waals surface area contributed by atoms with Gasteiger partial charge in [-0.1, -0.05) is 0 Å². The zero-order valence-corrected chi connectivity index (χ0v) is 10.5. The maximum absolute atomic E-state index is 12.3. The van der Waals surface area contributed by atoms with Crippen molar-refractivity contribution in [1.29, 1.82) is 0 Å². The molecule has 0 saturated carbocycles. The van der Waals surface area contributed by atoms with Crippen molar-refractivity contribution in [2.75, 3.05) is 11.4 Å². The number of alkyl halides is 4. The zero-order chi connectivity index (χ0) is 12.3. The monoisotopic (exact) mass is 272 g/mol. The van der Waals surface area contributed by atoms with E-state index in [2.05, 4.69) is 4.98 Å². The summed E-state index contributed by atoms with van der Waals surface area (Å²) in [5.74, 6) is 0.217. The van der Waals surface area contributed by atoms with E-state index in [0.29, 0.717) is 10.8 Å². The lowest BCUT2D eigenvalue weighted by molar-refractivity contribution is -0.120. The molecular formula is C9H12ClF3N2S. The predicted octanol–water partition coefficient (Wildman–Crippen LogP) is 3.66. The van der Waals surface area contributed by atoms with Crippen molar-refractivity contribution >= 4 is 28.1 Å². The van der Waals surface area contributed by atoms with Gasteiger partial charge < -0.3 is 4.90 Å². The minimum atomic E-state index is -4.23. The quantitative estimate of drug-likeness (QED) is 0.778. The van der Waals surface area contributed by atoms with Gasteiger partial charge in [-0.3, -0.25) is 0 Å². The van der Waals surface area contributed by atoms with Crippen molar-refractivity contribution in [2.24, 2.45) is 0 Å². The van der Waals surface area contributed by atoms with Gasteiger partial charge in [0.15, 0.2) is 5.13 Å². The van der Waals surface area contributed by atoms with Crippen molar-refractivity contribution in [3.63, 3.8) is 0 Å². The van der Waals surface area contributed by atoms with Crippen molar-refractivity contribution in [3.8, 4) is 0 Å². The van der Waals surface area contributed by atoms with E-state index in [0.717, 1.165) is 0 Å². The summed E-state index contributed by atoms with van der Waals surface area (Å²) in [6, 6.07) is -0.254. The second-order valence-corrected chi connectivity index (χ2v) is 4.70. The van der Waals surface area contributed by atoms with Crippen LogP contribution in [-0.4, -0.2) is 23.7 Å². The van der Waals surface area contributed by atoms with Crippen molar-refractivity contribution in [3.05, 3.63) is 11.1 Å². The molecule has 0 aliphatic rings. The minimum absolute atomic E-state index is 0.217. The number of anilines is 1. The maximum atomic E-state index is 12.3. The molecule has 7 heteroatoms. The van der Waals surface area contributed by atoms with Crippen LogP contribution in [0.4, 0.5) is 18.3 Å². The normalized spacial score (nSPS) is 12.2. The molecule has 0 N–H and O–H groups in total. The Bertz CT molecular complexity index is 338. The fraction of sp³-hybridized carbons (Fsp3) is 0.667. The van der Waals surface area contributed by atoms with Crippen LogP contribution in [-0.2, 0) is 5.88 Å². The summed E-state index contributed by atoms with van der Waals surface area (Å²) in [6.07, 6.45) is -4.23. The average molecular weight is 273 g/mol. The Morgan fingerprint density at radius 3 is 2.50 bits per heavy atom. The van der Waals surface area contributed by atoms with Gasteiger partial charge in [0, 0.05) is 11.4 Å². The molecule has 1 rings (SSSR count). The SMILES string of the molecule is CC(C)N(CC(F)(F)F)c1nc(CCl)cs1. The van der Waals surface area contributed by atoms with Gasteiger partial charge in [0.05, 0.1) is 11.6 Å². The lowest BCUT2D eigenvalue weighted by Crippen LogP contribution is -2.39. The van der Waals surface area contributed by atoms with Crippen LogP contribution in [0.15, 0.2) is 5.38 Å². The molecule has 2 nitrogen and oxygen atoms in total. The molecule has 0 fully saturated rings. The molecule has 0 atom stereocenters. The number of nitrogens with zero attached hydrogens (tertiary/aromatic N) is 2. The van der Waals surface area contributed by atoms with E-state index in [1.165, 1.54) is 16.2 Å². The van der Waals surface area contributed by atoms with Gasteiger partial charge in [-0.15, -0.1) is 22.9 Å². The Kier molecular flexibility index (Phi) is 4.43. The van der Waals surface area contributed by atoms with Gasteiger partial charge in [-0.25, -0.2) is 4.98 Å². The standard InChI is InChI=1S/C9H12ClF3N2S/c1-6(2)15(5-9(11,12)13)8-14-7(3-10)4-16-8/h4,6H,3,5H2,1-2H3. The summed E-state index contributed by atoms with van der Waals surface area (Å²) in [6.45, 7) is 2.42. The Morgan fingerprint density at radius 2 is 2.12 bits per heavy atom. The van der Waals surface area contributed by atoms with Crippen LogP contribution < -0.4 is 4.90 Å². The number of aromatic nitrogens is 1. The fourth-order valence-corrected chi connectivity index (χ4v) is 2.34. The zero-order valence-electron chi connectivity index (χ0n) is 8.88. The highest BCUT2D eigenvalue weighted by Gasteiger charge is 2.33. The van der Waals surface area contributed by atoms with Crippen molar-refractivity contribution in [1.82, 2.24) is 4.98 Å². The van der Waals surface area contributed by atoms with E-state index in [-0.39, 0.29) is 11.9 Å². The summed E-state index contributed by atoms with van der Waals surface area (Å²) < 4.78 is 37.0. The Balaban J connectivity index is 2.85. The number of halogens is 4. The second kappa shape index (κ2) is 5.23. The highest BCUT2D eigenvalue weighted by molar-refractivity contribution is 7.13. The molecule has 0 aliphatic heterocycles. The van der Waals surface area contributed by atoms with Gasteiger partial charge in [0.1, 0.15) is 6.54 Å². The molecule has 1 heterocycles. The first-order valence-corrected chi connectivity index (χ1v) is 6.08. The Labute approximate surface area is 101 Å². The van der Waals surface area contributed by atoms with Crippen LogP contribution >= 0.6 is 22.9 Å². The molecule has 92 valence electrons. The van der Waals surface area contributed by atoms with Gasteiger partial charge in [0.25, 0.3) is 0 Å². The fourth-order valence-electron chi connectivity index (χ4n) is 1.15. The van der Waals surface area contributed by atoms with Crippen molar-refractivity contribution < 1.29 is 13.2 Å². The summed E-state index contributed by atoms with van der Waals surface area (Å²) in [7, 11) is 0. The second-order valence-electron chi connectivity index (χ2n) is 3.59. The van der Waals surface area contributed by atoms with Crippen LogP contribution in [0.5, 0.6) is 0 Å². The molecule has 16 heavy (non-hydrogen) atoms. The van der Waals surface area contributed by atoms with Crippen LogP contribution in [0.2, 0.25) is 0 Å². The molecule has 0 saturated heterocycles. The van der Waals surface area contributed by atoms with Gasteiger partial charge in [-0.05, 0) is 13.8 Å². The van der Waals surface area contributed by atoms with Gasteiger partial charge in [-0.2, -0.15) is 13.2 Å². The summed E-state index contributed by atoms with van der Waals surface area (Å²) in [4.78, 5) is 5.27. The lowest BCUT2D eigenvalue weighted by atomic mass is 10.3. The van der Waals surface area contributed by atoms with E-state index in [1.54, 1.807) is 19.2 Å². The third kappa shape index (κ3) is 3.83. The molecule has 1 aromatic heterocycles. The maximum Gasteiger partial charge on any atom is 0.406 e. The molecule has 0 bridgehead atoms. The molecule has 1 aromatic rings. The number of hydrogen-bond donors (Lipinski definition) is 0. The van der Waals surface area contributed by atoms with Crippen LogP contribution in [0.1, 0.15) is 19.5 Å². The molecule has 0 spiro atoms. The predicted molar refractivity (Wildman–Crippen MR) is 60.2 cm³/mol. The van der Waals surface area contributed by atoms with Gasteiger partial charge >= 0.3 is 6.18 Å². The third-order valence-electron chi connectivity index (χ3n) is 1.90. The highest BCUT2D eigenvalue weighted by Crippen LogP contribution is 2.27. The summed E-state index contributed by atoms with van der Waals surface area (Å²) >= 11 is 6.74. The number of thiazole rings is 1.